The second-order valence-electron chi connectivity index (χ2n) is 6.61. The van der Waals surface area contributed by atoms with Gasteiger partial charge in [-0.2, -0.15) is 0 Å². The molecular weight excluding hydrogens is 410 g/mol. The van der Waals surface area contributed by atoms with Crippen LogP contribution in [0.5, 0.6) is 0 Å². The van der Waals surface area contributed by atoms with Gasteiger partial charge in [0.25, 0.3) is 11.8 Å². The monoisotopic (exact) mass is 429 g/mol. The number of unbranched alkanes of at least 4 members (excludes halogenated alkanes) is 2. The smallest absolute Gasteiger partial charge is 0.266 e. The van der Waals surface area contributed by atoms with Crippen molar-refractivity contribution in [2.24, 2.45) is 0 Å². The van der Waals surface area contributed by atoms with E-state index in [1.54, 1.807) is 36.4 Å². The van der Waals surface area contributed by atoms with E-state index in [4.69, 9.17) is 23.8 Å². The topological polar surface area (TPSA) is 78.5 Å². The molecule has 1 heterocycles. The molecule has 8 heteroatoms. The van der Waals surface area contributed by atoms with Crippen LogP contribution in [-0.4, -0.2) is 22.8 Å². The van der Waals surface area contributed by atoms with Crippen LogP contribution in [-0.2, 0) is 4.79 Å². The van der Waals surface area contributed by atoms with Gasteiger partial charge in [-0.1, -0.05) is 43.5 Å². The van der Waals surface area contributed by atoms with E-state index in [1.807, 2.05) is 0 Å². The Bertz CT molecular complexity index is 958. The third kappa shape index (κ3) is 4.63. The molecule has 0 atom stereocenters. The lowest BCUT2D eigenvalue weighted by Crippen LogP contribution is -2.34. The summed E-state index contributed by atoms with van der Waals surface area (Å²) in [5.74, 6) is -0.941. The number of halogens is 1. The lowest BCUT2D eigenvalue weighted by Gasteiger charge is -2.16. The Morgan fingerprint density at radius 1 is 1.07 bits per heavy atom. The summed E-state index contributed by atoms with van der Waals surface area (Å²) in [7, 11) is 0. The first-order valence-electron chi connectivity index (χ1n) is 9.30. The summed E-state index contributed by atoms with van der Waals surface area (Å²) in [5, 5.41) is 5.89. The van der Waals surface area contributed by atoms with Crippen LogP contribution in [0.4, 0.5) is 11.4 Å². The molecule has 3 amide bonds. The first kappa shape index (κ1) is 21.0. The molecule has 3 rings (SSSR count). The van der Waals surface area contributed by atoms with Gasteiger partial charge in [0.05, 0.1) is 27.5 Å². The van der Waals surface area contributed by atoms with Gasteiger partial charge in [0, 0.05) is 6.42 Å². The van der Waals surface area contributed by atoms with Crippen LogP contribution in [0, 0.1) is 0 Å². The zero-order valence-electron chi connectivity index (χ0n) is 15.8. The third-order valence-electron chi connectivity index (χ3n) is 4.51. The number of nitrogens with zero attached hydrogens (tertiary/aromatic N) is 1. The van der Waals surface area contributed by atoms with Gasteiger partial charge in [0.2, 0.25) is 5.91 Å². The molecular formula is C21H20ClN3O3S. The van der Waals surface area contributed by atoms with E-state index >= 15 is 0 Å². The molecule has 150 valence electrons. The minimum atomic E-state index is -0.391. The summed E-state index contributed by atoms with van der Waals surface area (Å²) in [4.78, 5) is 38.1. The second-order valence-corrected chi connectivity index (χ2v) is 7.43. The van der Waals surface area contributed by atoms with Crippen LogP contribution in [0.15, 0.2) is 42.5 Å². The molecule has 29 heavy (non-hydrogen) atoms. The van der Waals surface area contributed by atoms with Gasteiger partial charge in [-0.25, -0.2) is 4.90 Å². The Kier molecular flexibility index (Phi) is 6.61. The van der Waals surface area contributed by atoms with Crippen LogP contribution >= 0.6 is 23.8 Å². The first-order valence-corrected chi connectivity index (χ1v) is 10.1. The zero-order valence-corrected chi connectivity index (χ0v) is 17.4. The molecule has 0 unspecified atom stereocenters. The van der Waals surface area contributed by atoms with E-state index < -0.39 is 11.8 Å². The highest BCUT2D eigenvalue weighted by Crippen LogP contribution is 2.32. The molecule has 1 aliphatic rings. The highest BCUT2D eigenvalue weighted by molar-refractivity contribution is 7.80. The molecule has 0 aliphatic carbocycles. The molecule has 2 aromatic rings. The molecule has 0 saturated carbocycles. The highest BCUT2D eigenvalue weighted by Gasteiger charge is 2.36. The fourth-order valence-electron chi connectivity index (χ4n) is 3.05. The number of hydrogen-bond acceptors (Lipinski definition) is 4. The largest absolute Gasteiger partial charge is 0.331 e. The molecule has 1 aliphatic heterocycles. The average molecular weight is 430 g/mol. The predicted octanol–water partition coefficient (Wildman–Crippen LogP) is 4.53. The van der Waals surface area contributed by atoms with E-state index in [0.717, 1.165) is 24.2 Å². The Morgan fingerprint density at radius 3 is 2.31 bits per heavy atom. The minimum absolute atomic E-state index is 0.141. The maximum Gasteiger partial charge on any atom is 0.266 e. The van der Waals surface area contributed by atoms with Gasteiger partial charge in [0.15, 0.2) is 5.11 Å². The Labute approximate surface area is 179 Å². The van der Waals surface area contributed by atoms with E-state index in [-0.39, 0.29) is 16.0 Å². The fraction of sp³-hybridized carbons (Fsp3) is 0.238. The maximum atomic E-state index is 12.6. The number of carbonyl (C=O) groups is 3. The Hall–Kier alpha value is -2.77. The number of hydrogen-bond donors (Lipinski definition) is 2. The van der Waals surface area contributed by atoms with Crippen LogP contribution < -0.4 is 15.5 Å². The molecule has 0 spiro atoms. The van der Waals surface area contributed by atoms with E-state index in [2.05, 4.69) is 17.6 Å². The van der Waals surface area contributed by atoms with Crippen molar-refractivity contribution in [3.63, 3.8) is 0 Å². The first-order chi connectivity index (χ1) is 13.9. The molecule has 0 aromatic heterocycles. The number of carbonyl (C=O) groups excluding carboxylic acids is 3. The summed E-state index contributed by atoms with van der Waals surface area (Å²) in [6, 6.07) is 11.4. The second kappa shape index (κ2) is 9.15. The van der Waals surface area contributed by atoms with Gasteiger partial charge < -0.3 is 10.6 Å². The van der Waals surface area contributed by atoms with Gasteiger partial charge in [0.1, 0.15) is 0 Å². The van der Waals surface area contributed by atoms with Crippen LogP contribution in [0.25, 0.3) is 0 Å². The molecule has 2 N–H and O–H groups in total. The van der Waals surface area contributed by atoms with Crippen molar-refractivity contribution in [2.75, 3.05) is 10.2 Å². The quantitative estimate of drug-likeness (QED) is 0.400. The van der Waals surface area contributed by atoms with Crippen LogP contribution in [0.2, 0.25) is 5.02 Å². The zero-order chi connectivity index (χ0) is 21.0. The van der Waals surface area contributed by atoms with Gasteiger partial charge in [-0.05, 0) is 49.0 Å². The fourth-order valence-corrected chi connectivity index (χ4v) is 3.49. The highest BCUT2D eigenvalue weighted by atomic mass is 35.5. The number of nitrogens with one attached hydrogen (secondary N) is 2. The molecule has 0 bridgehead atoms. The summed E-state index contributed by atoms with van der Waals surface area (Å²) in [6.07, 6.45) is 3.23. The summed E-state index contributed by atoms with van der Waals surface area (Å²) < 4.78 is 0. The Balaban J connectivity index is 1.68. The number of anilines is 2. The van der Waals surface area contributed by atoms with Crippen LogP contribution in [0.3, 0.4) is 0 Å². The molecule has 6 nitrogen and oxygen atoms in total. The van der Waals surface area contributed by atoms with Crippen molar-refractivity contribution in [1.82, 2.24) is 5.32 Å². The number of rotatable bonds is 6. The summed E-state index contributed by atoms with van der Waals surface area (Å²) in [6.45, 7) is 2.07. The standard InChI is InChI=1S/C21H20ClN3O3S/c1-2-3-4-9-18(26)24-21(29)23-17-11-10-13(12-16(17)22)25-19(27)14-7-5-6-8-15(14)20(25)28/h5-8,10-12H,2-4,9H2,1H3,(H2,23,24,26,29). The number of imide groups is 1. The maximum absolute atomic E-state index is 12.6. The lowest BCUT2D eigenvalue weighted by molar-refractivity contribution is -0.119. The molecule has 0 radical (unpaired) electrons. The van der Waals surface area contributed by atoms with Crippen molar-refractivity contribution >= 4 is 58.0 Å². The average Bonchev–Trinajstić information content (AvgIpc) is 2.94. The SMILES string of the molecule is CCCCCC(=O)NC(=S)Nc1ccc(N2C(=O)c3ccccc3C2=O)cc1Cl. The molecule has 0 saturated heterocycles. The van der Waals surface area contributed by atoms with Gasteiger partial charge >= 0.3 is 0 Å². The number of amides is 3. The van der Waals surface area contributed by atoms with Crippen molar-refractivity contribution in [2.45, 2.75) is 32.6 Å². The van der Waals surface area contributed by atoms with Crippen LogP contribution in [0.1, 0.15) is 53.3 Å². The number of benzene rings is 2. The third-order valence-corrected chi connectivity index (χ3v) is 5.03. The van der Waals surface area contributed by atoms with Crippen molar-refractivity contribution < 1.29 is 14.4 Å². The molecule has 0 fully saturated rings. The van der Waals surface area contributed by atoms with E-state index in [0.29, 0.717) is 28.9 Å². The van der Waals surface area contributed by atoms with E-state index in [1.165, 1.54) is 6.07 Å². The number of fused-ring (bicyclic) bond motifs is 1. The van der Waals surface area contributed by atoms with Crippen molar-refractivity contribution in [1.29, 1.82) is 0 Å². The summed E-state index contributed by atoms with van der Waals surface area (Å²) in [5.41, 5.74) is 1.55. The lowest BCUT2D eigenvalue weighted by atomic mass is 10.1. The van der Waals surface area contributed by atoms with E-state index in [9.17, 15) is 14.4 Å². The summed E-state index contributed by atoms with van der Waals surface area (Å²) >= 11 is 11.5. The number of thiocarbonyl (C=S) groups is 1. The predicted molar refractivity (Wildman–Crippen MR) is 118 cm³/mol. The minimum Gasteiger partial charge on any atom is -0.331 e. The normalized spacial score (nSPS) is 12.7. The van der Waals surface area contributed by atoms with Gasteiger partial charge in [-0.3, -0.25) is 14.4 Å². The van der Waals surface area contributed by atoms with Crippen molar-refractivity contribution in [3.05, 3.63) is 58.6 Å². The Morgan fingerprint density at radius 2 is 1.72 bits per heavy atom. The molecule has 2 aromatic carbocycles. The van der Waals surface area contributed by atoms with Gasteiger partial charge in [-0.15, -0.1) is 0 Å². The van der Waals surface area contributed by atoms with Crippen molar-refractivity contribution in [3.8, 4) is 0 Å².